The lowest BCUT2D eigenvalue weighted by Gasteiger charge is -2.24. The molecule has 12 heavy (non-hydrogen) atoms. The molecule has 1 rings (SSSR count). The lowest BCUT2D eigenvalue weighted by molar-refractivity contribution is 0.158. The number of rotatable bonds is 4. The van der Waals surface area contributed by atoms with E-state index >= 15 is 0 Å². The number of hydrazine groups is 1. The van der Waals surface area contributed by atoms with Gasteiger partial charge in [-0.05, 0) is 19.3 Å². The molecule has 0 aromatic carbocycles. The summed E-state index contributed by atoms with van der Waals surface area (Å²) in [6.45, 7) is 4.44. The van der Waals surface area contributed by atoms with Crippen LogP contribution in [0.25, 0.3) is 0 Å². The summed E-state index contributed by atoms with van der Waals surface area (Å²) in [6.07, 6.45) is 8.17. The van der Waals surface area contributed by atoms with Crippen LogP contribution in [0.1, 0.15) is 39.0 Å². The second-order valence-electron chi connectivity index (χ2n) is 3.25. The van der Waals surface area contributed by atoms with Gasteiger partial charge in [0.2, 0.25) is 0 Å². The largest absolute Gasteiger partial charge is 0.241 e. The standard InChI is InChI=1S/C9H19N3/c1-2-3-7-10-11-12-8-5-4-6-9-12/h7,11H,2-6,8-9H2,1H3. The molecule has 0 spiro atoms. The lowest BCUT2D eigenvalue weighted by Crippen LogP contribution is -2.38. The number of nitrogens with one attached hydrogen (secondary N) is 1. The molecule has 0 radical (unpaired) electrons. The number of piperidine rings is 1. The van der Waals surface area contributed by atoms with E-state index in [0.717, 1.165) is 19.5 Å². The molecule has 0 aromatic rings. The third-order valence-electron chi connectivity index (χ3n) is 2.06. The van der Waals surface area contributed by atoms with Gasteiger partial charge in [-0.15, -0.1) is 0 Å². The number of unbranched alkanes of at least 4 members (excludes halogenated alkanes) is 1. The lowest BCUT2D eigenvalue weighted by atomic mass is 10.2. The molecule has 0 atom stereocenters. The zero-order chi connectivity index (χ0) is 8.65. The van der Waals surface area contributed by atoms with Crippen LogP contribution in [0.3, 0.4) is 0 Å². The van der Waals surface area contributed by atoms with Gasteiger partial charge in [0, 0.05) is 19.3 Å². The second-order valence-corrected chi connectivity index (χ2v) is 3.25. The monoisotopic (exact) mass is 169 g/mol. The first-order valence-corrected chi connectivity index (χ1v) is 4.95. The van der Waals surface area contributed by atoms with Crippen molar-refractivity contribution in [3.05, 3.63) is 0 Å². The molecule has 0 unspecified atom stereocenters. The van der Waals surface area contributed by atoms with Crippen LogP contribution in [0, 0.1) is 0 Å². The number of nitrogens with zero attached hydrogens (tertiary/aromatic N) is 2. The molecule has 0 aliphatic carbocycles. The van der Waals surface area contributed by atoms with E-state index in [-0.39, 0.29) is 0 Å². The Hall–Kier alpha value is -0.570. The molecule has 1 heterocycles. The van der Waals surface area contributed by atoms with E-state index in [2.05, 4.69) is 22.6 Å². The van der Waals surface area contributed by atoms with Crippen LogP contribution >= 0.6 is 0 Å². The van der Waals surface area contributed by atoms with Crippen LogP contribution in [-0.4, -0.2) is 24.3 Å². The van der Waals surface area contributed by atoms with E-state index in [9.17, 15) is 0 Å². The Labute approximate surface area is 74.8 Å². The average Bonchev–Trinajstić information content (AvgIpc) is 2.14. The molecule has 0 amide bonds. The third kappa shape index (κ3) is 3.72. The van der Waals surface area contributed by atoms with Crippen LogP contribution in [0.4, 0.5) is 0 Å². The van der Waals surface area contributed by atoms with Crippen molar-refractivity contribution in [2.24, 2.45) is 5.10 Å². The zero-order valence-corrected chi connectivity index (χ0v) is 7.92. The Balaban J connectivity index is 2.04. The van der Waals surface area contributed by atoms with Gasteiger partial charge < -0.3 is 0 Å². The minimum absolute atomic E-state index is 1.07. The Morgan fingerprint density at radius 3 is 2.75 bits per heavy atom. The zero-order valence-electron chi connectivity index (χ0n) is 7.92. The maximum absolute atomic E-state index is 4.14. The molecule has 1 aliphatic heterocycles. The van der Waals surface area contributed by atoms with E-state index in [1.54, 1.807) is 0 Å². The van der Waals surface area contributed by atoms with Crippen LogP contribution in [-0.2, 0) is 0 Å². The molecule has 70 valence electrons. The van der Waals surface area contributed by atoms with Gasteiger partial charge in [-0.3, -0.25) is 0 Å². The first-order chi connectivity index (χ1) is 5.93. The van der Waals surface area contributed by atoms with Crippen LogP contribution in [0.5, 0.6) is 0 Å². The molecule has 3 nitrogen and oxygen atoms in total. The third-order valence-corrected chi connectivity index (χ3v) is 2.06. The summed E-state index contributed by atoms with van der Waals surface area (Å²) >= 11 is 0. The Morgan fingerprint density at radius 1 is 1.33 bits per heavy atom. The van der Waals surface area contributed by atoms with Crippen LogP contribution in [0.15, 0.2) is 5.10 Å². The van der Waals surface area contributed by atoms with Crippen molar-refractivity contribution in [1.29, 1.82) is 0 Å². The summed E-state index contributed by atoms with van der Waals surface area (Å²) in [5.41, 5.74) is 3.06. The van der Waals surface area contributed by atoms with Crippen molar-refractivity contribution in [2.45, 2.75) is 39.0 Å². The summed E-state index contributed by atoms with van der Waals surface area (Å²) in [6, 6.07) is 0. The summed E-state index contributed by atoms with van der Waals surface area (Å²) in [5.74, 6) is 0. The van der Waals surface area contributed by atoms with E-state index in [0.29, 0.717) is 0 Å². The van der Waals surface area contributed by atoms with Gasteiger partial charge in [-0.25, -0.2) is 10.5 Å². The Bertz CT molecular complexity index is 128. The predicted molar refractivity (Wildman–Crippen MR) is 52.0 cm³/mol. The summed E-state index contributed by atoms with van der Waals surface area (Å²) in [7, 11) is 0. The van der Waals surface area contributed by atoms with Crippen molar-refractivity contribution in [3.8, 4) is 0 Å². The van der Waals surface area contributed by atoms with Crippen molar-refractivity contribution >= 4 is 6.21 Å². The van der Waals surface area contributed by atoms with Crippen molar-refractivity contribution in [3.63, 3.8) is 0 Å². The number of hydrogen-bond acceptors (Lipinski definition) is 3. The Morgan fingerprint density at radius 2 is 2.08 bits per heavy atom. The molecule has 3 heteroatoms. The van der Waals surface area contributed by atoms with Crippen molar-refractivity contribution < 1.29 is 0 Å². The number of hydrogen-bond donors (Lipinski definition) is 1. The van der Waals surface area contributed by atoms with Gasteiger partial charge in [0.25, 0.3) is 0 Å². The highest BCUT2D eigenvalue weighted by Crippen LogP contribution is 2.05. The van der Waals surface area contributed by atoms with Crippen molar-refractivity contribution in [2.75, 3.05) is 13.1 Å². The van der Waals surface area contributed by atoms with Gasteiger partial charge in [0.1, 0.15) is 0 Å². The second kappa shape index (κ2) is 6.00. The molecule has 0 bridgehead atoms. The summed E-state index contributed by atoms with van der Waals surface area (Å²) in [5, 5.41) is 6.33. The highest BCUT2D eigenvalue weighted by Gasteiger charge is 2.07. The average molecular weight is 169 g/mol. The SMILES string of the molecule is CCCC=NNN1CCCCC1. The van der Waals surface area contributed by atoms with Gasteiger partial charge in [-0.1, -0.05) is 19.8 Å². The Kier molecular flexibility index (Phi) is 4.76. The highest BCUT2D eigenvalue weighted by molar-refractivity contribution is 5.56. The van der Waals surface area contributed by atoms with E-state index in [4.69, 9.17) is 0 Å². The van der Waals surface area contributed by atoms with Crippen LogP contribution < -0.4 is 5.53 Å². The topological polar surface area (TPSA) is 27.6 Å². The van der Waals surface area contributed by atoms with E-state index < -0.39 is 0 Å². The van der Waals surface area contributed by atoms with E-state index in [1.165, 1.54) is 25.7 Å². The fraction of sp³-hybridized carbons (Fsp3) is 0.889. The maximum Gasteiger partial charge on any atom is 0.0258 e. The molecular formula is C9H19N3. The summed E-state index contributed by atoms with van der Waals surface area (Å²) < 4.78 is 0. The fourth-order valence-corrected chi connectivity index (χ4v) is 1.31. The van der Waals surface area contributed by atoms with Crippen LogP contribution in [0.2, 0.25) is 0 Å². The molecule has 1 aliphatic rings. The van der Waals surface area contributed by atoms with Crippen molar-refractivity contribution in [1.82, 2.24) is 10.5 Å². The minimum Gasteiger partial charge on any atom is -0.241 e. The van der Waals surface area contributed by atoms with Gasteiger partial charge >= 0.3 is 0 Å². The highest BCUT2D eigenvalue weighted by atomic mass is 15.6. The first kappa shape index (κ1) is 9.52. The molecule has 1 saturated heterocycles. The minimum atomic E-state index is 1.07. The van der Waals surface area contributed by atoms with Gasteiger partial charge in [0.15, 0.2) is 0 Å². The first-order valence-electron chi connectivity index (χ1n) is 4.95. The van der Waals surface area contributed by atoms with Gasteiger partial charge in [-0.2, -0.15) is 5.10 Å². The molecular weight excluding hydrogens is 150 g/mol. The summed E-state index contributed by atoms with van der Waals surface area (Å²) in [4.78, 5) is 0. The van der Waals surface area contributed by atoms with Gasteiger partial charge in [0.05, 0.1) is 0 Å². The molecule has 1 fully saturated rings. The van der Waals surface area contributed by atoms with E-state index in [1.807, 2.05) is 6.21 Å². The smallest absolute Gasteiger partial charge is 0.0258 e. The maximum atomic E-state index is 4.14. The molecule has 0 saturated carbocycles. The molecule has 0 aromatic heterocycles. The molecule has 1 N–H and O–H groups in total. The quantitative estimate of drug-likeness (QED) is 0.513. The number of hydrazone groups is 1. The fourth-order valence-electron chi connectivity index (χ4n) is 1.31. The normalized spacial score (nSPS) is 20.1. The predicted octanol–water partition coefficient (Wildman–Crippen LogP) is 1.76.